The molecule has 4 aromatic rings. The molecule has 2 saturated heterocycles. The Morgan fingerprint density at radius 3 is 2.45 bits per heavy atom. The third kappa shape index (κ3) is 4.35. The first-order valence-electron chi connectivity index (χ1n) is 23.7. The van der Waals surface area contributed by atoms with Gasteiger partial charge in [-0.25, -0.2) is 0 Å². The van der Waals surface area contributed by atoms with Gasteiger partial charge in [-0.2, -0.15) is 5.26 Å². The number of aryl methyl sites for hydroxylation is 2. The van der Waals surface area contributed by atoms with E-state index in [4.69, 9.17) is 0 Å². The van der Waals surface area contributed by atoms with Crippen molar-refractivity contribution in [3.63, 3.8) is 0 Å². The topological polar surface area (TPSA) is 35.2 Å². The molecule has 3 aliphatic heterocycles. The maximum Gasteiger partial charge on any atom is 0.0677 e. The summed E-state index contributed by atoms with van der Waals surface area (Å²) in [6.45, 7) is 0. The third-order valence-corrected chi connectivity index (χ3v) is 19.4. The molecule has 0 spiro atoms. The van der Waals surface area contributed by atoms with E-state index in [1.54, 1.807) is 16.1 Å². The Hall–Kier alpha value is -3.85. The molecule has 2 saturated carbocycles. The van der Waals surface area contributed by atoms with Crippen LogP contribution in [0.2, 0.25) is 0 Å². The number of aromatic nitrogens is 1. The Morgan fingerprint density at radius 1 is 0.707 bits per heavy atom. The van der Waals surface area contributed by atoms with Gasteiger partial charge in [0, 0.05) is 79.8 Å². The largest absolute Gasteiger partial charge is 0.364 e. The monoisotopic (exact) mass is 780 g/mol. The van der Waals surface area contributed by atoms with Gasteiger partial charge in [0.15, 0.2) is 0 Å². The summed E-state index contributed by atoms with van der Waals surface area (Å²) in [6, 6.07) is 24.7. The highest BCUT2D eigenvalue weighted by Gasteiger charge is 2.69. The fraction of sp³-hybridized carbons (Fsp3) is 0.528. The number of fused-ring (bicyclic) bond motifs is 14. The second-order valence-corrected chi connectivity index (χ2v) is 21.3. The van der Waals surface area contributed by atoms with E-state index in [1.807, 2.05) is 16.7 Å². The minimum absolute atomic E-state index is 0.0119. The van der Waals surface area contributed by atoms with Crippen LogP contribution in [0.4, 0.5) is 0 Å². The maximum absolute atomic E-state index is 11.5. The lowest BCUT2D eigenvalue weighted by atomic mass is 9.57. The van der Waals surface area contributed by atoms with Crippen molar-refractivity contribution in [2.45, 2.75) is 145 Å². The van der Waals surface area contributed by atoms with E-state index in [9.17, 15) is 5.26 Å². The molecule has 2 aromatic carbocycles. The van der Waals surface area contributed by atoms with Crippen molar-refractivity contribution >= 4 is 38.4 Å². The Balaban J connectivity index is 0.987. The van der Waals surface area contributed by atoms with Crippen molar-refractivity contribution in [2.75, 3.05) is 0 Å². The molecule has 2 aromatic heterocycles. The summed E-state index contributed by atoms with van der Waals surface area (Å²) < 4.78 is 4.21. The smallest absolute Gasteiger partial charge is 0.0677 e. The first-order valence-corrected chi connectivity index (χ1v) is 24.5. The second kappa shape index (κ2) is 12.6. The molecule has 11 unspecified atom stereocenters. The van der Waals surface area contributed by atoms with Crippen LogP contribution in [0.1, 0.15) is 124 Å². The molecular formula is C53H56N4S. The van der Waals surface area contributed by atoms with Crippen LogP contribution in [0.15, 0.2) is 89.2 Å². The number of rotatable bonds is 3. The van der Waals surface area contributed by atoms with Crippen LogP contribution >= 0.6 is 11.3 Å². The van der Waals surface area contributed by atoms with E-state index >= 15 is 0 Å². The van der Waals surface area contributed by atoms with Crippen LogP contribution in [0, 0.1) is 40.9 Å². The number of allylic oxidation sites excluding steroid dienone is 3. The van der Waals surface area contributed by atoms with E-state index in [-0.39, 0.29) is 12.0 Å². The minimum Gasteiger partial charge on any atom is -0.364 e. The van der Waals surface area contributed by atoms with Gasteiger partial charge in [-0.1, -0.05) is 79.5 Å². The fourth-order valence-electron chi connectivity index (χ4n) is 16.2. The van der Waals surface area contributed by atoms with Crippen molar-refractivity contribution in [3.05, 3.63) is 111 Å². The van der Waals surface area contributed by atoms with Crippen LogP contribution in [0.25, 0.3) is 27.1 Å². The molecule has 0 radical (unpaired) electrons. The summed E-state index contributed by atoms with van der Waals surface area (Å²) in [5.74, 6) is 3.07. The lowest BCUT2D eigenvalue weighted by molar-refractivity contribution is -0.0116. The molecule has 0 bridgehead atoms. The van der Waals surface area contributed by atoms with Crippen LogP contribution in [-0.2, 0) is 12.8 Å². The van der Waals surface area contributed by atoms with Gasteiger partial charge in [0.05, 0.1) is 18.0 Å². The number of likely N-dealkylation sites (tertiary alicyclic amines) is 1. The zero-order valence-electron chi connectivity index (χ0n) is 33.9. The Morgan fingerprint density at radius 2 is 1.57 bits per heavy atom. The predicted molar refractivity (Wildman–Crippen MR) is 235 cm³/mol. The van der Waals surface area contributed by atoms with E-state index in [0.717, 1.165) is 25.7 Å². The van der Waals surface area contributed by atoms with Crippen LogP contribution in [-0.4, -0.2) is 44.6 Å². The summed E-state index contributed by atoms with van der Waals surface area (Å²) in [4.78, 5) is 8.18. The van der Waals surface area contributed by atoms with E-state index in [0.29, 0.717) is 59.8 Å². The molecule has 5 heteroatoms. The van der Waals surface area contributed by atoms with E-state index in [2.05, 4.69) is 105 Å². The number of benzene rings is 2. The Kier molecular flexibility index (Phi) is 7.36. The maximum atomic E-state index is 11.5. The summed E-state index contributed by atoms with van der Waals surface area (Å²) in [6.07, 6.45) is 30.3. The van der Waals surface area contributed by atoms with Crippen molar-refractivity contribution in [1.82, 2.24) is 14.4 Å². The summed E-state index contributed by atoms with van der Waals surface area (Å²) in [5.41, 5.74) is 13.3. The van der Waals surface area contributed by atoms with E-state index < -0.39 is 0 Å². The summed E-state index contributed by atoms with van der Waals surface area (Å²) >= 11 is 2.14. The number of nitrogens with zero attached hydrogens (tertiary/aromatic N) is 4. The van der Waals surface area contributed by atoms with Gasteiger partial charge in [0.2, 0.25) is 0 Å². The lowest BCUT2D eigenvalue weighted by Gasteiger charge is -2.52. The van der Waals surface area contributed by atoms with Gasteiger partial charge >= 0.3 is 0 Å². The SMILES string of the molecule is N#CC1CC2C(CC1n1c3c(c4ccccc41)CCC=C3)N1C3=C(CCC4=C3C3C4C(C4C=CCCC4)N(C4CCCCC4)C23)C2c3sc4ccccc4c3CCC21. The summed E-state index contributed by atoms with van der Waals surface area (Å²) in [7, 11) is 0. The minimum atomic E-state index is 0.0119. The van der Waals surface area contributed by atoms with Crippen LogP contribution in [0.3, 0.4) is 0 Å². The van der Waals surface area contributed by atoms with Gasteiger partial charge in [-0.3, -0.25) is 4.90 Å². The van der Waals surface area contributed by atoms with Gasteiger partial charge in [0.25, 0.3) is 0 Å². The Labute approximate surface area is 348 Å². The van der Waals surface area contributed by atoms with E-state index in [1.165, 1.54) is 109 Å². The van der Waals surface area contributed by atoms with Crippen LogP contribution in [0.5, 0.6) is 0 Å². The molecule has 11 atom stereocenters. The first kappa shape index (κ1) is 33.9. The van der Waals surface area contributed by atoms with Crippen molar-refractivity contribution in [2.24, 2.45) is 29.6 Å². The zero-order valence-corrected chi connectivity index (χ0v) is 34.7. The summed E-state index contributed by atoms with van der Waals surface area (Å²) in [5, 5.41) is 14.4. The third-order valence-electron chi connectivity index (χ3n) is 18.1. The van der Waals surface area contributed by atoms with Crippen molar-refractivity contribution < 1.29 is 0 Å². The molecule has 5 heterocycles. The molecule has 0 N–H and O–H groups in total. The number of thiophene rings is 1. The fourth-order valence-corrected chi connectivity index (χ4v) is 17.7. The molecular weight excluding hydrogens is 725 g/mol. The van der Waals surface area contributed by atoms with Crippen LogP contribution < -0.4 is 0 Å². The molecule has 0 amide bonds. The lowest BCUT2D eigenvalue weighted by Crippen LogP contribution is -2.58. The molecule has 7 aliphatic carbocycles. The average molecular weight is 781 g/mol. The first-order chi connectivity index (χ1) is 28.8. The number of nitriles is 1. The van der Waals surface area contributed by atoms with Gasteiger partial charge < -0.3 is 9.47 Å². The molecule has 10 aliphatic rings. The van der Waals surface area contributed by atoms with Crippen molar-refractivity contribution in [3.8, 4) is 6.07 Å². The normalized spacial score (nSPS) is 37.3. The molecule has 4 fully saturated rings. The number of para-hydroxylation sites is 1. The van der Waals surface area contributed by atoms with Gasteiger partial charge in [-0.15, -0.1) is 11.3 Å². The van der Waals surface area contributed by atoms with Gasteiger partial charge in [-0.05, 0) is 141 Å². The molecule has 294 valence electrons. The highest BCUT2D eigenvalue weighted by molar-refractivity contribution is 7.19. The number of hydrogen-bond acceptors (Lipinski definition) is 4. The van der Waals surface area contributed by atoms with Gasteiger partial charge in [0.1, 0.15) is 0 Å². The van der Waals surface area contributed by atoms with Crippen molar-refractivity contribution in [1.29, 1.82) is 5.26 Å². The molecule has 14 rings (SSSR count). The Bertz CT molecular complexity index is 2570. The molecule has 58 heavy (non-hydrogen) atoms. The standard InChI is InChI=1S/C53H56N4S/c54-29-31-27-39-44(28-43(31)56-40-20-10-7-17-33(40)34-18-8-11-21-41(34)56)57-42-26-25-36-35-19-9-12-22-45(35)58-53(36)46(42)38-24-23-37-47-49(48(37)51(38)57)52(39)55(32-15-5-2-6-16-32)50(47)30-13-3-1-4-14-30/h3,7,9-13,17,19-22,30-32,39,42-44,46-47,49-50,52H,1-2,4-6,8,14-16,18,23-28H2. The highest BCUT2D eigenvalue weighted by atomic mass is 32.1. The predicted octanol–water partition coefficient (Wildman–Crippen LogP) is 12.0. The molecule has 4 nitrogen and oxygen atoms in total. The quantitative estimate of drug-likeness (QED) is 0.194. The average Bonchev–Trinajstić information content (AvgIpc) is 3.98. The highest BCUT2D eigenvalue weighted by Crippen LogP contribution is 2.70. The second-order valence-electron chi connectivity index (χ2n) is 20.2. The number of hydrogen-bond donors (Lipinski definition) is 0. The zero-order chi connectivity index (χ0) is 37.8.